The van der Waals surface area contributed by atoms with Gasteiger partial charge < -0.3 is 13.7 Å². The molecular formula is F3FeNaO9S3. The maximum Gasteiger partial charge on any atom is 2.00 e. The first kappa shape index (κ1) is 30.8. The third kappa shape index (κ3) is 3570. The molecule has 17 heteroatoms. The van der Waals surface area contributed by atoms with E-state index < -0.39 is 31.5 Å². The van der Waals surface area contributed by atoms with Gasteiger partial charge in [-0.05, 0) is 0 Å². The molecular weight excluding hydrogens is 376 g/mol. The maximum atomic E-state index is 10.1. The summed E-state index contributed by atoms with van der Waals surface area (Å²) in [6.07, 6.45) is 0. The van der Waals surface area contributed by atoms with Crippen molar-refractivity contribution in [1.82, 2.24) is 0 Å². The average molecular weight is 376 g/mol. The second kappa shape index (κ2) is 12.1. The number of halogens is 3. The third-order valence-electron chi connectivity index (χ3n) is 0. The van der Waals surface area contributed by atoms with Crippen molar-refractivity contribution in [2.24, 2.45) is 0 Å². The Labute approximate surface area is 128 Å². The first-order chi connectivity index (χ1) is 6.00. The van der Waals surface area contributed by atoms with Crippen LogP contribution < -0.4 is 29.6 Å². The Balaban J connectivity index is -0.0000000400. The summed E-state index contributed by atoms with van der Waals surface area (Å²) >= 11 is 0. The smallest absolute Gasteiger partial charge is 0.722 e. The van der Waals surface area contributed by atoms with Crippen LogP contribution >= 0.6 is 0 Å². The summed E-state index contributed by atoms with van der Waals surface area (Å²) in [5.74, 6) is 0. The monoisotopic (exact) mass is 376 g/mol. The van der Waals surface area contributed by atoms with Crippen molar-refractivity contribution in [2.45, 2.75) is 0 Å². The normalized spacial score (nSPS) is 10.2. The molecule has 0 aliphatic carbocycles. The minimum atomic E-state index is -5.42. The van der Waals surface area contributed by atoms with Gasteiger partial charge in [0.2, 0.25) is 0 Å². The summed E-state index contributed by atoms with van der Waals surface area (Å²) in [7, 11) is -16.2. The van der Waals surface area contributed by atoms with Crippen molar-refractivity contribution >= 4 is 31.5 Å². The van der Waals surface area contributed by atoms with Gasteiger partial charge in [-0.2, -0.15) is 0 Å². The van der Waals surface area contributed by atoms with E-state index in [1.807, 2.05) is 0 Å². The molecule has 0 bridgehead atoms. The first-order valence-electron chi connectivity index (χ1n) is 1.96. The number of hydrogen-bond acceptors (Lipinski definition) is 9. The van der Waals surface area contributed by atoms with Gasteiger partial charge >= 0.3 is 46.6 Å². The fourth-order valence-electron chi connectivity index (χ4n) is 0. The van der Waals surface area contributed by atoms with Crippen LogP contribution in [0.5, 0.6) is 0 Å². The number of hydrogen-bond donors (Lipinski definition) is 0. The van der Waals surface area contributed by atoms with Crippen molar-refractivity contribution in [3.05, 3.63) is 0 Å². The summed E-state index contributed by atoms with van der Waals surface area (Å²) in [5, 5.41) is 0. The first-order valence-corrected chi connectivity index (χ1v) is 5.89. The molecule has 9 nitrogen and oxygen atoms in total. The molecule has 0 unspecified atom stereocenters. The molecule has 17 heavy (non-hydrogen) atoms. The van der Waals surface area contributed by atoms with E-state index >= 15 is 0 Å². The Hall–Kier alpha value is 1.04. The Bertz CT molecular complexity index is 352. The fourth-order valence-corrected chi connectivity index (χ4v) is 0. The van der Waals surface area contributed by atoms with Crippen molar-refractivity contribution in [3.63, 3.8) is 0 Å². The van der Waals surface area contributed by atoms with Gasteiger partial charge in [0, 0.05) is 0 Å². The van der Waals surface area contributed by atoms with Gasteiger partial charge in [-0.15, -0.1) is 11.7 Å². The summed E-state index contributed by atoms with van der Waals surface area (Å²) in [6.45, 7) is 0. The van der Waals surface area contributed by atoms with Crippen molar-refractivity contribution in [1.29, 1.82) is 0 Å². The number of rotatable bonds is 0. The van der Waals surface area contributed by atoms with E-state index in [-0.39, 0.29) is 46.6 Å². The minimum Gasteiger partial charge on any atom is -0.722 e. The average Bonchev–Trinajstić information content (AvgIpc) is 1.41. The van der Waals surface area contributed by atoms with E-state index in [0.717, 1.165) is 0 Å². The Kier molecular flexibility index (Phi) is 21.9. The maximum absolute atomic E-state index is 10.1. The topological polar surface area (TPSA) is 172 Å². The summed E-state index contributed by atoms with van der Waals surface area (Å²) in [5.41, 5.74) is 0. The van der Waals surface area contributed by atoms with Gasteiger partial charge in [0.25, 0.3) is 31.5 Å². The predicted molar refractivity (Wildman–Crippen MR) is 32.4 cm³/mol. The molecule has 0 saturated heterocycles. The van der Waals surface area contributed by atoms with Crippen molar-refractivity contribution in [2.75, 3.05) is 0 Å². The van der Waals surface area contributed by atoms with Crippen LogP contribution in [0.25, 0.3) is 0 Å². The minimum absolute atomic E-state index is 0. The van der Waals surface area contributed by atoms with E-state index in [1.165, 1.54) is 0 Å². The van der Waals surface area contributed by atoms with Crippen molar-refractivity contribution < 1.29 is 97.2 Å². The molecule has 0 aromatic rings. The second-order valence-electron chi connectivity index (χ2n) is 1.18. The van der Waals surface area contributed by atoms with E-state index in [1.54, 1.807) is 0 Å². The van der Waals surface area contributed by atoms with Crippen LogP contribution in [0, 0.1) is 0 Å². The van der Waals surface area contributed by atoms with E-state index in [4.69, 9.17) is 38.9 Å². The Morgan fingerprint density at radius 2 is 0.588 bits per heavy atom. The third-order valence-corrected chi connectivity index (χ3v) is 0. The van der Waals surface area contributed by atoms with Crippen LogP contribution in [0.3, 0.4) is 0 Å². The Morgan fingerprint density at radius 1 is 0.588 bits per heavy atom. The van der Waals surface area contributed by atoms with Crippen LogP contribution in [0.1, 0.15) is 0 Å². The molecule has 0 radical (unpaired) electrons. The van der Waals surface area contributed by atoms with Gasteiger partial charge in [-0.1, -0.05) is 0 Å². The molecule has 0 saturated carbocycles. The molecule has 0 aliphatic heterocycles. The predicted octanol–water partition coefficient (Wildman–Crippen LogP) is -4.75. The molecule has 0 amide bonds. The molecule has 0 aromatic carbocycles. The molecule has 0 atom stereocenters. The van der Waals surface area contributed by atoms with Gasteiger partial charge in [-0.25, -0.2) is 25.3 Å². The standard InChI is InChI=1S/3FHO3S.Fe.Na/c3*1-5(2,3)4;;/h3*(H,2,3,4);;/q;;;+2;+1/p-3. The Morgan fingerprint density at radius 3 is 0.588 bits per heavy atom. The van der Waals surface area contributed by atoms with Gasteiger partial charge in [0.15, 0.2) is 0 Å². The molecule has 0 N–H and O–H groups in total. The van der Waals surface area contributed by atoms with E-state index in [2.05, 4.69) is 0 Å². The largest absolute Gasteiger partial charge is 2.00 e. The van der Waals surface area contributed by atoms with Crippen LogP contribution in [-0.2, 0) is 48.6 Å². The molecule has 0 heterocycles. The summed E-state index contributed by atoms with van der Waals surface area (Å²) in [4.78, 5) is 0. The summed E-state index contributed by atoms with van der Waals surface area (Å²) < 4.78 is 106. The quantitative estimate of drug-likeness (QED) is 0.229. The zero-order valence-electron chi connectivity index (χ0n) is 7.39. The molecule has 0 spiro atoms. The molecule has 0 aliphatic rings. The molecule has 0 fully saturated rings. The van der Waals surface area contributed by atoms with Crippen LogP contribution in [0.15, 0.2) is 0 Å². The van der Waals surface area contributed by atoms with Crippen LogP contribution in [0.4, 0.5) is 11.7 Å². The van der Waals surface area contributed by atoms with Crippen LogP contribution in [0.2, 0.25) is 0 Å². The molecule has 102 valence electrons. The zero-order valence-corrected chi connectivity index (χ0v) is 12.9. The van der Waals surface area contributed by atoms with Gasteiger partial charge in [-0.3, -0.25) is 0 Å². The van der Waals surface area contributed by atoms with Crippen molar-refractivity contribution in [3.8, 4) is 0 Å². The zero-order chi connectivity index (χ0) is 13.5. The van der Waals surface area contributed by atoms with E-state index in [0.29, 0.717) is 0 Å². The summed E-state index contributed by atoms with van der Waals surface area (Å²) in [6, 6.07) is 0. The molecule has 0 aromatic heterocycles. The van der Waals surface area contributed by atoms with Gasteiger partial charge in [0.1, 0.15) is 0 Å². The second-order valence-corrected chi connectivity index (χ2v) is 3.54. The van der Waals surface area contributed by atoms with Crippen LogP contribution in [-0.4, -0.2) is 38.9 Å². The fraction of sp³-hybridized carbons (Fsp3) is 0. The van der Waals surface area contributed by atoms with Gasteiger partial charge in [0.05, 0.1) is 0 Å². The SMILES string of the molecule is O=S(=O)([O-])F.O=S(=O)([O-])F.O=S(=O)([O-])F.[Fe+2].[Na+]. The van der Waals surface area contributed by atoms with E-state index in [9.17, 15) is 11.7 Å². The molecule has 0 rings (SSSR count).